The van der Waals surface area contributed by atoms with E-state index in [-0.39, 0.29) is 32.0 Å². The van der Waals surface area contributed by atoms with Crippen LogP contribution in [-0.4, -0.2) is 74.9 Å². The van der Waals surface area contributed by atoms with Crippen LogP contribution in [0.2, 0.25) is 0 Å². The Morgan fingerprint density at radius 3 is 1.04 bits per heavy atom. The summed E-state index contributed by atoms with van der Waals surface area (Å²) in [5.41, 5.74) is 0. The molecule has 0 fully saturated rings. The maximum atomic E-state index is 12.9. The molecule has 0 rings (SSSR count). The number of quaternary nitrogens is 1. The molecule has 0 aliphatic rings. The summed E-state index contributed by atoms with van der Waals surface area (Å²) in [5.74, 6) is -0.799. The zero-order valence-corrected chi connectivity index (χ0v) is 54.6. The van der Waals surface area contributed by atoms with Crippen LogP contribution >= 0.6 is 7.82 Å². The third-order valence-electron chi connectivity index (χ3n) is 14.3. The number of unbranched alkanes of at least 4 members (excludes halogenated alkanes) is 29. The van der Waals surface area contributed by atoms with Gasteiger partial charge in [0.15, 0.2) is 6.10 Å². The molecule has 0 aromatic carbocycles. The van der Waals surface area contributed by atoms with E-state index in [4.69, 9.17) is 18.5 Å². The third kappa shape index (κ3) is 65.8. The van der Waals surface area contributed by atoms with Gasteiger partial charge in [0, 0.05) is 12.8 Å². The molecular formula is C72H127NO8P+. The number of rotatable bonds is 61. The lowest BCUT2D eigenvalue weighted by atomic mass is 10.0. The van der Waals surface area contributed by atoms with E-state index in [1.54, 1.807) is 0 Å². The highest BCUT2D eigenvalue weighted by Gasteiger charge is 2.27. The topological polar surface area (TPSA) is 108 Å². The molecular weight excluding hydrogens is 1040 g/mol. The highest BCUT2D eigenvalue weighted by atomic mass is 31.2. The highest BCUT2D eigenvalue weighted by Crippen LogP contribution is 2.43. The van der Waals surface area contributed by atoms with Crippen LogP contribution in [0.5, 0.6) is 0 Å². The summed E-state index contributed by atoms with van der Waals surface area (Å²) >= 11 is 0. The molecule has 10 heteroatoms. The molecule has 2 unspecified atom stereocenters. The number of nitrogens with zero attached hydrogens (tertiary/aromatic N) is 1. The Morgan fingerprint density at radius 1 is 0.390 bits per heavy atom. The van der Waals surface area contributed by atoms with Gasteiger partial charge < -0.3 is 18.9 Å². The number of allylic oxidation sites excluding steroid dienone is 18. The van der Waals surface area contributed by atoms with Crippen molar-refractivity contribution in [1.82, 2.24) is 0 Å². The second-order valence-electron chi connectivity index (χ2n) is 23.5. The normalized spacial score (nSPS) is 13.9. The van der Waals surface area contributed by atoms with Crippen molar-refractivity contribution in [2.75, 3.05) is 47.5 Å². The Morgan fingerprint density at radius 2 is 0.695 bits per heavy atom. The van der Waals surface area contributed by atoms with Crippen molar-refractivity contribution < 1.29 is 42.1 Å². The predicted molar refractivity (Wildman–Crippen MR) is 353 cm³/mol. The SMILES string of the molecule is CC/C=C\C/C=C\C/C=C\C/C=C\C/C=C\C/C=C\C/C=C\CCCCCCCCCCCCCC(=O)OC(COC(=O)CCCCCCCCCCCCCCC/C=C\C/C=C\CCCCCCC)COP(=O)(O)OCC[N+](C)(C)C. The van der Waals surface area contributed by atoms with Crippen LogP contribution in [0.3, 0.4) is 0 Å². The summed E-state index contributed by atoms with van der Waals surface area (Å²) in [4.78, 5) is 35.8. The van der Waals surface area contributed by atoms with Crippen LogP contribution in [0.4, 0.5) is 0 Å². The number of phosphoric ester groups is 1. The third-order valence-corrected chi connectivity index (χ3v) is 15.3. The van der Waals surface area contributed by atoms with Crippen LogP contribution in [0, 0.1) is 0 Å². The molecule has 2 atom stereocenters. The summed E-state index contributed by atoms with van der Waals surface area (Å²) in [6.07, 6.45) is 87.4. The maximum Gasteiger partial charge on any atom is 0.472 e. The highest BCUT2D eigenvalue weighted by molar-refractivity contribution is 7.47. The summed E-state index contributed by atoms with van der Waals surface area (Å²) in [6.45, 7) is 4.32. The summed E-state index contributed by atoms with van der Waals surface area (Å²) < 4.78 is 34.7. The molecule has 0 amide bonds. The molecule has 1 N–H and O–H groups in total. The molecule has 0 saturated heterocycles. The molecule has 0 aromatic rings. The fraction of sp³-hybridized carbons (Fsp3) is 0.722. The smallest absolute Gasteiger partial charge is 0.462 e. The van der Waals surface area contributed by atoms with Crippen LogP contribution < -0.4 is 0 Å². The average molecular weight is 1170 g/mol. The second-order valence-corrected chi connectivity index (χ2v) is 24.9. The second kappa shape index (κ2) is 62.2. The number of hydrogen-bond donors (Lipinski definition) is 1. The zero-order valence-electron chi connectivity index (χ0n) is 53.7. The molecule has 0 heterocycles. The molecule has 9 nitrogen and oxygen atoms in total. The van der Waals surface area contributed by atoms with E-state index in [0.717, 1.165) is 96.3 Å². The summed E-state index contributed by atoms with van der Waals surface area (Å²) in [5, 5.41) is 0. The molecule has 0 aliphatic carbocycles. The molecule has 0 radical (unpaired) electrons. The van der Waals surface area contributed by atoms with Crippen molar-refractivity contribution >= 4 is 19.8 Å². The number of esters is 2. The summed E-state index contributed by atoms with van der Waals surface area (Å²) in [7, 11) is 1.47. The van der Waals surface area contributed by atoms with Crippen molar-refractivity contribution in [2.24, 2.45) is 0 Å². The minimum Gasteiger partial charge on any atom is -0.462 e. The maximum absolute atomic E-state index is 12.9. The number of likely N-dealkylation sites (N-methyl/N-ethyl adjacent to an activating group) is 1. The minimum absolute atomic E-state index is 0.0271. The van der Waals surface area contributed by atoms with Gasteiger partial charge in [-0.25, -0.2) is 4.57 Å². The van der Waals surface area contributed by atoms with Gasteiger partial charge in [0.2, 0.25) is 0 Å². The fourth-order valence-electron chi connectivity index (χ4n) is 9.15. The first-order valence-electron chi connectivity index (χ1n) is 33.6. The Kier molecular flexibility index (Phi) is 59.7. The largest absolute Gasteiger partial charge is 0.472 e. The van der Waals surface area contributed by atoms with Crippen molar-refractivity contribution in [3.8, 4) is 0 Å². The number of carbonyl (C=O) groups excluding carboxylic acids is 2. The quantitative estimate of drug-likeness (QED) is 0.0211. The van der Waals surface area contributed by atoms with Crippen molar-refractivity contribution in [3.63, 3.8) is 0 Å². The van der Waals surface area contributed by atoms with Gasteiger partial charge >= 0.3 is 19.8 Å². The van der Waals surface area contributed by atoms with Crippen LogP contribution in [-0.2, 0) is 32.7 Å². The van der Waals surface area contributed by atoms with E-state index < -0.39 is 26.5 Å². The van der Waals surface area contributed by atoms with Crippen molar-refractivity contribution in [2.45, 2.75) is 290 Å². The van der Waals surface area contributed by atoms with Gasteiger partial charge in [-0.15, -0.1) is 0 Å². The predicted octanol–water partition coefficient (Wildman–Crippen LogP) is 21.7. The van der Waals surface area contributed by atoms with E-state index in [0.29, 0.717) is 17.4 Å². The first kappa shape index (κ1) is 78.7. The lowest BCUT2D eigenvalue weighted by Crippen LogP contribution is -2.37. The summed E-state index contributed by atoms with van der Waals surface area (Å²) in [6, 6.07) is 0. The van der Waals surface area contributed by atoms with E-state index in [9.17, 15) is 19.0 Å². The van der Waals surface area contributed by atoms with Gasteiger partial charge in [-0.2, -0.15) is 0 Å². The van der Waals surface area contributed by atoms with Gasteiger partial charge in [-0.1, -0.05) is 277 Å². The monoisotopic (exact) mass is 1160 g/mol. The lowest BCUT2D eigenvalue weighted by molar-refractivity contribution is -0.870. The number of carbonyl (C=O) groups is 2. The van der Waals surface area contributed by atoms with E-state index in [2.05, 4.69) is 123 Å². The fourth-order valence-corrected chi connectivity index (χ4v) is 9.89. The van der Waals surface area contributed by atoms with Gasteiger partial charge in [-0.05, 0) is 103 Å². The van der Waals surface area contributed by atoms with E-state index >= 15 is 0 Å². The molecule has 472 valence electrons. The average Bonchev–Trinajstić information content (AvgIpc) is 3.46. The molecule has 82 heavy (non-hydrogen) atoms. The minimum atomic E-state index is -4.40. The number of phosphoric acid groups is 1. The molecule has 0 bridgehead atoms. The Bertz CT molecular complexity index is 1750. The van der Waals surface area contributed by atoms with Gasteiger partial charge in [0.05, 0.1) is 27.7 Å². The Hall–Kier alpha value is -3.33. The van der Waals surface area contributed by atoms with Crippen molar-refractivity contribution in [3.05, 3.63) is 109 Å². The van der Waals surface area contributed by atoms with E-state index in [1.165, 1.54) is 154 Å². The van der Waals surface area contributed by atoms with Crippen LogP contribution in [0.25, 0.3) is 0 Å². The van der Waals surface area contributed by atoms with Crippen LogP contribution in [0.15, 0.2) is 109 Å². The first-order chi connectivity index (χ1) is 40.0. The first-order valence-corrected chi connectivity index (χ1v) is 35.1. The van der Waals surface area contributed by atoms with Gasteiger partial charge in [0.1, 0.15) is 19.8 Å². The Balaban J connectivity index is 4.11. The zero-order chi connectivity index (χ0) is 59.8. The van der Waals surface area contributed by atoms with Crippen LogP contribution in [0.1, 0.15) is 284 Å². The standard InChI is InChI=1S/C72H126NO8P/c1-6-8-10-12-14-16-18-20-22-24-26-28-30-32-33-34-35-36-37-38-39-41-43-45-47-49-51-53-55-57-59-61-63-65-72(75)81-70(69-80-82(76,77)79-67-66-73(3,4)5)68-78-71(74)64-62-60-58-56-54-52-50-48-46-44-42-40-31-29-27-25-23-21-19-17-15-13-11-9-7-2/h8,10,14,16,19-22,25-28,32-33,35-36,38-39,70H,6-7,9,11-13,15,17-18,23-24,29-31,34,37,40-69H2,1-5H3/p+1/b10-8-,16-14-,21-19-,22-20-,27-25-,28-26-,33-32-,36-35-,39-38-. The number of ether oxygens (including phenoxy) is 2. The molecule has 0 saturated carbocycles. The lowest BCUT2D eigenvalue weighted by Gasteiger charge is -2.24. The van der Waals surface area contributed by atoms with Gasteiger partial charge in [-0.3, -0.25) is 18.6 Å². The molecule has 0 spiro atoms. The molecule has 0 aromatic heterocycles. The van der Waals surface area contributed by atoms with E-state index in [1.807, 2.05) is 21.1 Å². The van der Waals surface area contributed by atoms with Gasteiger partial charge in [0.25, 0.3) is 0 Å². The number of hydrogen-bond acceptors (Lipinski definition) is 7. The molecule has 0 aliphatic heterocycles. The van der Waals surface area contributed by atoms with Crippen molar-refractivity contribution in [1.29, 1.82) is 0 Å². The Labute approximate surface area is 506 Å².